The van der Waals surface area contributed by atoms with Crippen LogP contribution in [0.2, 0.25) is 0 Å². The molecular formula is C28H33N3O6S2. The normalized spacial score (nSPS) is 11.4. The van der Waals surface area contributed by atoms with E-state index in [1.165, 1.54) is 28.6 Å². The summed E-state index contributed by atoms with van der Waals surface area (Å²) in [5.74, 6) is -1.64. The van der Waals surface area contributed by atoms with Crippen LogP contribution in [0.25, 0.3) is 0 Å². The van der Waals surface area contributed by atoms with Gasteiger partial charge in [0.15, 0.2) is 0 Å². The first-order chi connectivity index (χ1) is 18.4. The van der Waals surface area contributed by atoms with E-state index >= 15 is 0 Å². The molecule has 0 bridgehead atoms. The van der Waals surface area contributed by atoms with Crippen LogP contribution >= 0.6 is 11.3 Å². The van der Waals surface area contributed by atoms with Crippen molar-refractivity contribution >= 4 is 49.8 Å². The van der Waals surface area contributed by atoms with Crippen molar-refractivity contribution < 1.29 is 27.5 Å². The Morgan fingerprint density at radius 1 is 0.897 bits per heavy atom. The van der Waals surface area contributed by atoms with Gasteiger partial charge in [-0.2, -0.15) is 4.31 Å². The fourth-order valence-electron chi connectivity index (χ4n) is 4.07. The van der Waals surface area contributed by atoms with Gasteiger partial charge in [-0.15, -0.1) is 11.3 Å². The largest absolute Gasteiger partial charge is 0.462 e. The highest BCUT2D eigenvalue weighted by Gasteiger charge is 2.28. The number of carbonyl (C=O) groups excluding carboxylic acids is 3. The van der Waals surface area contributed by atoms with Crippen molar-refractivity contribution in [3.63, 3.8) is 0 Å². The molecule has 11 heteroatoms. The molecule has 0 fully saturated rings. The van der Waals surface area contributed by atoms with Crippen LogP contribution in [0.15, 0.2) is 47.4 Å². The van der Waals surface area contributed by atoms with Crippen molar-refractivity contribution in [1.29, 1.82) is 0 Å². The lowest BCUT2D eigenvalue weighted by molar-refractivity contribution is 0.0527. The Kier molecular flexibility index (Phi) is 9.65. The Morgan fingerprint density at radius 2 is 1.54 bits per heavy atom. The van der Waals surface area contributed by atoms with E-state index in [9.17, 15) is 22.8 Å². The number of nitrogens with one attached hydrogen (secondary N) is 2. The summed E-state index contributed by atoms with van der Waals surface area (Å²) < 4.78 is 32.0. The van der Waals surface area contributed by atoms with E-state index in [1.54, 1.807) is 27.7 Å². The topological polar surface area (TPSA) is 122 Å². The molecule has 2 aromatic carbocycles. The molecule has 0 aliphatic heterocycles. The molecule has 2 N–H and O–H groups in total. The quantitative estimate of drug-likeness (QED) is 0.315. The summed E-state index contributed by atoms with van der Waals surface area (Å²) in [5.41, 5.74) is 3.27. The number of aryl methyl sites for hydroxylation is 2. The fraction of sp³-hybridized carbons (Fsp3) is 0.321. The maximum absolute atomic E-state index is 13.2. The first-order valence-electron chi connectivity index (χ1n) is 12.5. The van der Waals surface area contributed by atoms with Crippen LogP contribution in [0.5, 0.6) is 0 Å². The predicted octanol–water partition coefficient (Wildman–Crippen LogP) is 5.39. The Bertz CT molecular complexity index is 1490. The van der Waals surface area contributed by atoms with Crippen molar-refractivity contribution in [2.24, 2.45) is 0 Å². The van der Waals surface area contributed by atoms with Gasteiger partial charge in [-0.3, -0.25) is 9.59 Å². The molecule has 2 amide bonds. The summed E-state index contributed by atoms with van der Waals surface area (Å²) in [6.45, 7) is 11.4. The summed E-state index contributed by atoms with van der Waals surface area (Å²) in [4.78, 5) is 39.4. The van der Waals surface area contributed by atoms with Crippen molar-refractivity contribution in [2.75, 3.05) is 30.3 Å². The minimum Gasteiger partial charge on any atom is -0.462 e. The Balaban J connectivity index is 1.91. The number of hydrogen-bond acceptors (Lipinski definition) is 7. The van der Waals surface area contributed by atoms with Crippen LogP contribution in [0, 0.1) is 20.8 Å². The number of thiophene rings is 1. The zero-order chi connectivity index (χ0) is 28.9. The van der Waals surface area contributed by atoms with Crippen LogP contribution in [-0.4, -0.2) is 50.2 Å². The minimum absolute atomic E-state index is 0.0762. The summed E-state index contributed by atoms with van der Waals surface area (Å²) in [6, 6.07) is 11.2. The van der Waals surface area contributed by atoms with Gasteiger partial charge in [0.05, 0.1) is 21.9 Å². The number of benzene rings is 2. The first-order valence-corrected chi connectivity index (χ1v) is 14.8. The van der Waals surface area contributed by atoms with E-state index in [0.717, 1.165) is 22.5 Å². The number of anilines is 2. The maximum atomic E-state index is 13.2. The SMILES string of the molecule is CCOC(=O)c1c(NC(=O)c2ccc(S(=O)(=O)N(CC)CC)cc2)sc(C(=O)Nc2ccc(C)cc2C)c1C. The number of sulfonamides is 1. The van der Waals surface area contributed by atoms with Gasteiger partial charge in [-0.25, -0.2) is 13.2 Å². The molecule has 9 nitrogen and oxygen atoms in total. The molecule has 3 rings (SSSR count). The molecule has 1 heterocycles. The molecule has 0 saturated carbocycles. The van der Waals surface area contributed by atoms with Gasteiger partial charge < -0.3 is 15.4 Å². The number of nitrogens with zero attached hydrogens (tertiary/aromatic N) is 1. The number of hydrogen-bond donors (Lipinski definition) is 2. The lowest BCUT2D eigenvalue weighted by atomic mass is 10.1. The van der Waals surface area contributed by atoms with Gasteiger partial charge >= 0.3 is 5.97 Å². The van der Waals surface area contributed by atoms with Crippen molar-refractivity contribution in [3.05, 3.63) is 75.2 Å². The molecule has 208 valence electrons. The third-order valence-corrected chi connectivity index (χ3v) is 9.42. The van der Waals surface area contributed by atoms with E-state index in [-0.39, 0.29) is 32.5 Å². The van der Waals surface area contributed by atoms with Gasteiger partial charge in [0.25, 0.3) is 11.8 Å². The number of rotatable bonds is 10. The highest BCUT2D eigenvalue weighted by atomic mass is 32.2. The molecule has 0 atom stereocenters. The molecule has 0 aliphatic rings. The van der Waals surface area contributed by atoms with Crippen LogP contribution in [0.1, 0.15) is 67.8 Å². The Morgan fingerprint density at radius 3 is 2.10 bits per heavy atom. The van der Waals surface area contributed by atoms with Crippen LogP contribution < -0.4 is 10.6 Å². The second-order valence-electron chi connectivity index (χ2n) is 8.82. The molecule has 3 aromatic rings. The summed E-state index contributed by atoms with van der Waals surface area (Å²) in [7, 11) is -3.67. The monoisotopic (exact) mass is 571 g/mol. The average molecular weight is 572 g/mol. The maximum Gasteiger partial charge on any atom is 0.341 e. The summed E-state index contributed by atoms with van der Waals surface area (Å²) in [5, 5.41) is 5.75. The highest BCUT2D eigenvalue weighted by molar-refractivity contribution is 7.89. The van der Waals surface area contributed by atoms with Crippen LogP contribution in [0.4, 0.5) is 10.7 Å². The lowest BCUT2D eigenvalue weighted by Crippen LogP contribution is -2.30. The van der Waals surface area contributed by atoms with E-state index in [4.69, 9.17) is 4.74 Å². The molecule has 0 aliphatic carbocycles. The smallest absolute Gasteiger partial charge is 0.341 e. The lowest BCUT2D eigenvalue weighted by Gasteiger charge is -2.18. The molecule has 1 aromatic heterocycles. The molecular weight excluding hydrogens is 538 g/mol. The highest BCUT2D eigenvalue weighted by Crippen LogP contribution is 2.35. The first kappa shape index (κ1) is 30.0. The van der Waals surface area contributed by atoms with Crippen LogP contribution in [-0.2, 0) is 14.8 Å². The van der Waals surface area contributed by atoms with Gasteiger partial charge in [-0.05, 0) is 69.2 Å². The number of carbonyl (C=O) groups is 3. The van der Waals surface area contributed by atoms with E-state index in [1.807, 2.05) is 32.0 Å². The number of esters is 1. The van der Waals surface area contributed by atoms with E-state index in [2.05, 4.69) is 10.6 Å². The average Bonchev–Trinajstić information content (AvgIpc) is 3.22. The number of amides is 2. The van der Waals surface area contributed by atoms with Gasteiger partial charge in [0, 0.05) is 24.3 Å². The van der Waals surface area contributed by atoms with E-state index in [0.29, 0.717) is 24.3 Å². The number of ether oxygens (including phenoxy) is 1. The zero-order valence-corrected chi connectivity index (χ0v) is 24.5. The van der Waals surface area contributed by atoms with Crippen LogP contribution in [0.3, 0.4) is 0 Å². The summed E-state index contributed by atoms with van der Waals surface area (Å²) in [6.07, 6.45) is 0. The zero-order valence-electron chi connectivity index (χ0n) is 22.9. The molecule has 0 radical (unpaired) electrons. The van der Waals surface area contributed by atoms with Crippen molar-refractivity contribution in [1.82, 2.24) is 4.31 Å². The second kappa shape index (κ2) is 12.5. The Hall–Kier alpha value is -3.54. The molecule has 0 unspecified atom stereocenters. The van der Waals surface area contributed by atoms with Gasteiger partial charge in [-0.1, -0.05) is 31.5 Å². The fourth-order valence-corrected chi connectivity index (χ4v) is 6.61. The molecule has 39 heavy (non-hydrogen) atoms. The van der Waals surface area contributed by atoms with Gasteiger partial charge in [0.1, 0.15) is 5.00 Å². The minimum atomic E-state index is -3.67. The van der Waals surface area contributed by atoms with E-state index < -0.39 is 27.8 Å². The predicted molar refractivity (Wildman–Crippen MR) is 153 cm³/mol. The third-order valence-electron chi connectivity index (χ3n) is 6.15. The van der Waals surface area contributed by atoms with Crippen molar-refractivity contribution in [3.8, 4) is 0 Å². The second-order valence-corrected chi connectivity index (χ2v) is 11.8. The third kappa shape index (κ3) is 6.55. The van der Waals surface area contributed by atoms with Crippen molar-refractivity contribution in [2.45, 2.75) is 46.4 Å². The Labute approximate surface area is 233 Å². The van der Waals surface area contributed by atoms with Gasteiger partial charge in [0.2, 0.25) is 10.0 Å². The molecule has 0 saturated heterocycles. The molecule has 0 spiro atoms. The standard InChI is InChI=1S/C28H33N3O6S2/c1-7-31(8-2)39(35,36)21-13-11-20(12-14-21)25(32)30-27-23(28(34)37-9-3)19(6)24(38-27)26(33)29-22-15-10-17(4)16-18(22)5/h10-16H,7-9H2,1-6H3,(H,29,33)(H,30,32). The summed E-state index contributed by atoms with van der Waals surface area (Å²) >= 11 is 0.970.